The molecule has 3 aromatic rings. The fraction of sp³-hybridized carbons (Fsp3) is 0. The van der Waals surface area contributed by atoms with Crippen LogP contribution in [0.5, 0.6) is 0 Å². The molecule has 0 fully saturated rings. The maximum atomic E-state index is 6.09. The Balaban J connectivity index is 2.10. The number of hydrogen-bond donors (Lipinski definition) is 0. The van der Waals surface area contributed by atoms with Crippen LogP contribution < -0.4 is 0 Å². The van der Waals surface area contributed by atoms with E-state index >= 15 is 0 Å². The quantitative estimate of drug-likeness (QED) is 0.681. The number of nitrogens with zero attached hydrogens (tertiary/aromatic N) is 3. The molecule has 0 aliphatic rings. The lowest BCUT2D eigenvalue weighted by Crippen LogP contribution is -1.86. The molecule has 0 bridgehead atoms. The first-order valence-corrected chi connectivity index (χ1v) is 6.68. The van der Waals surface area contributed by atoms with Crippen molar-refractivity contribution in [3.63, 3.8) is 0 Å². The van der Waals surface area contributed by atoms with Crippen molar-refractivity contribution < 1.29 is 4.52 Å². The van der Waals surface area contributed by atoms with E-state index in [2.05, 4.69) is 15.1 Å². The smallest absolute Gasteiger partial charge is 0.259 e. The van der Waals surface area contributed by atoms with Gasteiger partial charge in [-0.1, -0.05) is 52.1 Å². The normalized spacial score (nSPS) is 10.8. The maximum absolute atomic E-state index is 6.09. The van der Waals surface area contributed by atoms with Gasteiger partial charge in [-0.05, 0) is 12.1 Å². The Labute approximate surface area is 129 Å². The first-order valence-electron chi connectivity index (χ1n) is 5.55. The Kier molecular flexibility index (Phi) is 3.61. The Bertz CT molecular complexity index is 753. The van der Waals surface area contributed by atoms with Crippen molar-refractivity contribution in [1.82, 2.24) is 15.1 Å². The molecular weight excluding hydrogens is 321 g/mol. The number of halogens is 3. The zero-order chi connectivity index (χ0) is 14.1. The summed E-state index contributed by atoms with van der Waals surface area (Å²) >= 11 is 18.2. The van der Waals surface area contributed by atoms with E-state index in [0.717, 1.165) is 0 Å². The highest BCUT2D eigenvalue weighted by Crippen LogP contribution is 2.34. The molecule has 7 heteroatoms. The van der Waals surface area contributed by atoms with Crippen LogP contribution in [0.2, 0.25) is 15.1 Å². The second-order valence-corrected chi connectivity index (χ2v) is 5.10. The summed E-state index contributed by atoms with van der Waals surface area (Å²) in [6.45, 7) is 0. The number of benzene rings is 1. The van der Waals surface area contributed by atoms with E-state index in [0.29, 0.717) is 32.1 Å². The van der Waals surface area contributed by atoms with E-state index in [4.69, 9.17) is 39.3 Å². The zero-order valence-corrected chi connectivity index (χ0v) is 12.1. The number of rotatable bonds is 2. The van der Waals surface area contributed by atoms with Gasteiger partial charge in [0.2, 0.25) is 5.82 Å². The Hall–Kier alpha value is -1.62. The predicted octanol–water partition coefficient (Wildman–Crippen LogP) is 4.76. The first-order chi connectivity index (χ1) is 9.66. The fourth-order valence-corrected chi connectivity index (χ4v) is 2.44. The lowest BCUT2D eigenvalue weighted by molar-refractivity contribution is 0.432. The summed E-state index contributed by atoms with van der Waals surface area (Å²) in [6, 6.07) is 7.18. The molecule has 0 unspecified atom stereocenters. The van der Waals surface area contributed by atoms with Gasteiger partial charge in [-0.3, -0.25) is 4.98 Å². The van der Waals surface area contributed by atoms with Crippen LogP contribution in [0.1, 0.15) is 0 Å². The second kappa shape index (κ2) is 5.40. The number of hydrogen-bond acceptors (Lipinski definition) is 4. The molecule has 0 aliphatic heterocycles. The Morgan fingerprint density at radius 1 is 0.900 bits per heavy atom. The molecular formula is C13H6Cl3N3O. The van der Waals surface area contributed by atoms with Gasteiger partial charge in [0.05, 0.1) is 26.2 Å². The molecule has 4 nitrogen and oxygen atoms in total. The Morgan fingerprint density at radius 2 is 1.60 bits per heavy atom. The van der Waals surface area contributed by atoms with E-state index in [1.54, 1.807) is 12.1 Å². The number of aromatic nitrogens is 3. The molecule has 2 aromatic heterocycles. The van der Waals surface area contributed by atoms with Crippen molar-refractivity contribution in [1.29, 1.82) is 0 Å². The summed E-state index contributed by atoms with van der Waals surface area (Å²) < 4.78 is 5.21. The minimum atomic E-state index is 0.289. The lowest BCUT2D eigenvalue weighted by Gasteiger charge is -2.00. The first kappa shape index (κ1) is 13.4. The second-order valence-electron chi connectivity index (χ2n) is 3.88. The summed E-state index contributed by atoms with van der Waals surface area (Å²) in [5, 5.41) is 5.11. The molecule has 0 spiro atoms. The van der Waals surface area contributed by atoms with Gasteiger partial charge in [-0.2, -0.15) is 4.98 Å². The third-order valence-corrected chi connectivity index (χ3v) is 3.51. The monoisotopic (exact) mass is 325 g/mol. The Morgan fingerprint density at radius 3 is 2.30 bits per heavy atom. The third-order valence-electron chi connectivity index (χ3n) is 2.61. The number of pyridine rings is 1. The average Bonchev–Trinajstić information content (AvgIpc) is 2.88. The standard InChI is InChI=1S/C13H6Cl3N3O/c14-8-4-2-1-3-7(8)13-18-12(19-20-13)11-9(15)5-17-6-10(11)16/h1-6H. The van der Waals surface area contributed by atoms with Crippen molar-refractivity contribution in [2.75, 3.05) is 0 Å². The fourth-order valence-electron chi connectivity index (χ4n) is 1.69. The van der Waals surface area contributed by atoms with Crippen molar-refractivity contribution in [3.05, 3.63) is 51.7 Å². The van der Waals surface area contributed by atoms with E-state index in [1.807, 2.05) is 12.1 Å². The van der Waals surface area contributed by atoms with Crippen molar-refractivity contribution >= 4 is 34.8 Å². The molecule has 0 saturated carbocycles. The van der Waals surface area contributed by atoms with Crippen molar-refractivity contribution in [2.45, 2.75) is 0 Å². The van der Waals surface area contributed by atoms with Crippen LogP contribution in [0.3, 0.4) is 0 Å². The van der Waals surface area contributed by atoms with Gasteiger partial charge in [0.15, 0.2) is 0 Å². The SMILES string of the molecule is Clc1ccccc1-c1nc(-c2c(Cl)cncc2Cl)no1. The molecule has 100 valence electrons. The van der Waals surface area contributed by atoms with Crippen LogP contribution in [-0.2, 0) is 0 Å². The molecule has 0 atom stereocenters. The van der Waals surface area contributed by atoms with Crippen LogP contribution in [0.15, 0.2) is 41.2 Å². The molecule has 0 amide bonds. The van der Waals surface area contributed by atoms with Gasteiger partial charge in [0.25, 0.3) is 5.89 Å². The molecule has 0 N–H and O–H groups in total. The van der Waals surface area contributed by atoms with Gasteiger partial charge in [-0.15, -0.1) is 0 Å². The summed E-state index contributed by atoms with van der Waals surface area (Å²) in [7, 11) is 0. The molecule has 0 saturated heterocycles. The summed E-state index contributed by atoms with van der Waals surface area (Å²) in [5.41, 5.74) is 1.12. The minimum Gasteiger partial charge on any atom is -0.334 e. The topological polar surface area (TPSA) is 51.8 Å². The molecule has 0 aliphatic carbocycles. The van der Waals surface area contributed by atoms with E-state index in [9.17, 15) is 0 Å². The van der Waals surface area contributed by atoms with Crippen molar-refractivity contribution in [3.8, 4) is 22.8 Å². The zero-order valence-electron chi connectivity index (χ0n) is 9.85. The summed E-state index contributed by atoms with van der Waals surface area (Å²) in [6.07, 6.45) is 2.93. The summed E-state index contributed by atoms with van der Waals surface area (Å²) in [5.74, 6) is 0.590. The highest BCUT2D eigenvalue weighted by molar-refractivity contribution is 6.38. The molecule has 0 radical (unpaired) electrons. The molecule has 20 heavy (non-hydrogen) atoms. The van der Waals surface area contributed by atoms with E-state index in [-0.39, 0.29) is 5.82 Å². The van der Waals surface area contributed by atoms with Crippen LogP contribution >= 0.6 is 34.8 Å². The van der Waals surface area contributed by atoms with Crippen LogP contribution in [0.4, 0.5) is 0 Å². The van der Waals surface area contributed by atoms with Gasteiger partial charge in [-0.25, -0.2) is 0 Å². The van der Waals surface area contributed by atoms with Gasteiger partial charge >= 0.3 is 0 Å². The lowest BCUT2D eigenvalue weighted by atomic mass is 10.2. The van der Waals surface area contributed by atoms with Crippen LogP contribution in [0, 0.1) is 0 Å². The van der Waals surface area contributed by atoms with Gasteiger partial charge in [0.1, 0.15) is 0 Å². The highest BCUT2D eigenvalue weighted by atomic mass is 35.5. The largest absolute Gasteiger partial charge is 0.334 e. The summed E-state index contributed by atoms with van der Waals surface area (Å²) in [4.78, 5) is 8.15. The van der Waals surface area contributed by atoms with Gasteiger partial charge < -0.3 is 4.52 Å². The minimum absolute atomic E-state index is 0.289. The van der Waals surface area contributed by atoms with Crippen molar-refractivity contribution in [2.24, 2.45) is 0 Å². The molecule has 1 aromatic carbocycles. The van der Waals surface area contributed by atoms with E-state index < -0.39 is 0 Å². The highest BCUT2D eigenvalue weighted by Gasteiger charge is 2.17. The molecule has 3 rings (SSSR count). The maximum Gasteiger partial charge on any atom is 0.259 e. The van der Waals surface area contributed by atoms with Gasteiger partial charge in [0, 0.05) is 12.4 Å². The molecule has 2 heterocycles. The average molecular weight is 327 g/mol. The predicted molar refractivity (Wildman–Crippen MR) is 78.0 cm³/mol. The van der Waals surface area contributed by atoms with Crippen LogP contribution in [-0.4, -0.2) is 15.1 Å². The van der Waals surface area contributed by atoms with Crippen LogP contribution in [0.25, 0.3) is 22.8 Å². The third kappa shape index (κ3) is 2.38. The van der Waals surface area contributed by atoms with E-state index in [1.165, 1.54) is 12.4 Å².